The van der Waals surface area contributed by atoms with Gasteiger partial charge < -0.3 is 28.7 Å². The summed E-state index contributed by atoms with van der Waals surface area (Å²) in [6, 6.07) is 112. The number of para-hydroxylation sites is 10. The Balaban J connectivity index is 0.680. The molecule has 6 aliphatic heterocycles. The summed E-state index contributed by atoms with van der Waals surface area (Å²) in [6.45, 7) is 0. The number of nitrogens with zero attached hydrogens (tertiary/aromatic N) is 4. The zero-order chi connectivity index (χ0) is 60.0. The van der Waals surface area contributed by atoms with Crippen LogP contribution in [0.3, 0.4) is 0 Å². The quantitative estimate of drug-likeness (QED) is 0.175. The number of aromatic nitrogens is 1. The Labute approximate surface area is 532 Å². The molecule has 430 valence electrons. The van der Waals surface area contributed by atoms with Gasteiger partial charge in [0.05, 0.1) is 56.3 Å². The average Bonchev–Trinajstić information content (AvgIpc) is 1.09. The lowest BCUT2D eigenvalue weighted by Crippen LogP contribution is -2.39. The lowest BCUT2D eigenvalue weighted by Gasteiger charge is -2.48. The number of hydrogen-bond donors (Lipinski definition) is 0. The minimum Gasteiger partial charge on any atom is -0.457 e. The summed E-state index contributed by atoms with van der Waals surface area (Å²) in [7, 11) is 0. The lowest BCUT2D eigenvalue weighted by molar-refractivity contribution is 0.434. The van der Waals surface area contributed by atoms with Crippen molar-refractivity contribution < 1.29 is 9.47 Å². The highest BCUT2D eigenvalue weighted by Crippen LogP contribution is 2.66. The highest BCUT2D eigenvalue weighted by atomic mass is 16.5. The molecular formula is C86H54N4O2. The Morgan fingerprint density at radius 2 is 0.717 bits per heavy atom. The number of allylic oxidation sites excluding steroid dienone is 2. The monoisotopic (exact) mass is 1170 g/mol. The Morgan fingerprint density at radius 1 is 0.315 bits per heavy atom. The summed E-state index contributed by atoms with van der Waals surface area (Å²) in [5.41, 5.74) is 27.6. The molecule has 21 rings (SSSR count). The molecule has 2 atom stereocenters. The molecule has 0 radical (unpaired) electrons. The maximum Gasteiger partial charge on any atom is 0.132 e. The first kappa shape index (κ1) is 50.1. The second-order valence-electron chi connectivity index (χ2n) is 25.3. The van der Waals surface area contributed by atoms with Crippen molar-refractivity contribution in [2.45, 2.75) is 22.8 Å². The van der Waals surface area contributed by atoms with Crippen molar-refractivity contribution in [1.29, 1.82) is 0 Å². The van der Waals surface area contributed by atoms with Crippen molar-refractivity contribution >= 4 is 78.6 Å². The van der Waals surface area contributed by atoms with E-state index in [-0.39, 0.29) is 12.0 Å². The number of fused-ring (bicyclic) bond motifs is 24. The first-order valence-electron chi connectivity index (χ1n) is 32.0. The molecule has 2 spiro atoms. The van der Waals surface area contributed by atoms with E-state index in [9.17, 15) is 0 Å². The molecule has 13 aromatic carbocycles. The molecule has 0 N–H and O–H groups in total. The molecule has 1 aromatic heterocycles. The van der Waals surface area contributed by atoms with E-state index < -0.39 is 10.8 Å². The zero-order valence-corrected chi connectivity index (χ0v) is 49.8. The summed E-state index contributed by atoms with van der Waals surface area (Å²) < 4.78 is 16.0. The Hall–Kier alpha value is -11.9. The minimum atomic E-state index is -0.595. The van der Waals surface area contributed by atoms with Crippen LogP contribution in [-0.4, -0.2) is 10.6 Å². The summed E-state index contributed by atoms with van der Waals surface area (Å²) in [4.78, 5) is 7.60. The van der Waals surface area contributed by atoms with Crippen LogP contribution in [0.1, 0.15) is 61.6 Å². The molecule has 14 aromatic rings. The van der Waals surface area contributed by atoms with Gasteiger partial charge in [-0.2, -0.15) is 0 Å². The van der Waals surface area contributed by atoms with Crippen LogP contribution < -0.4 is 24.2 Å². The van der Waals surface area contributed by atoms with E-state index in [0.717, 1.165) is 79.4 Å². The predicted molar refractivity (Wildman–Crippen MR) is 372 cm³/mol. The molecule has 0 fully saturated rings. The van der Waals surface area contributed by atoms with E-state index in [1.807, 2.05) is 0 Å². The number of rotatable bonds is 4. The highest BCUT2D eigenvalue weighted by molar-refractivity contribution is 6.22. The molecule has 0 saturated carbocycles. The molecule has 6 heteroatoms. The molecule has 7 aliphatic rings. The Kier molecular flexibility index (Phi) is 10.0. The molecule has 0 saturated heterocycles. The lowest BCUT2D eigenvalue weighted by atomic mass is 9.61. The third-order valence-corrected chi connectivity index (χ3v) is 21.2. The molecule has 2 unspecified atom stereocenters. The zero-order valence-electron chi connectivity index (χ0n) is 49.8. The second-order valence-corrected chi connectivity index (χ2v) is 25.3. The van der Waals surface area contributed by atoms with Gasteiger partial charge >= 0.3 is 0 Å². The van der Waals surface area contributed by atoms with Gasteiger partial charge in [-0.3, -0.25) is 0 Å². The van der Waals surface area contributed by atoms with E-state index >= 15 is 0 Å². The van der Waals surface area contributed by atoms with Gasteiger partial charge in [0.15, 0.2) is 0 Å². The van der Waals surface area contributed by atoms with Gasteiger partial charge in [0.2, 0.25) is 0 Å². The smallest absolute Gasteiger partial charge is 0.132 e. The van der Waals surface area contributed by atoms with E-state index in [0.29, 0.717) is 0 Å². The largest absolute Gasteiger partial charge is 0.457 e. The molecule has 0 bridgehead atoms. The highest BCUT2D eigenvalue weighted by Gasteiger charge is 2.54. The normalized spacial score (nSPS) is 17.1. The number of ether oxygens (including phenoxy) is 2. The van der Waals surface area contributed by atoms with Crippen LogP contribution in [0.25, 0.3) is 44.2 Å². The molecule has 7 heterocycles. The van der Waals surface area contributed by atoms with Gasteiger partial charge in [0.1, 0.15) is 23.0 Å². The standard InChI is InChI=1S/C86H54N4O2/c1-11-31-69-59(21-1)81-57(53-41-45-55(46-42-53)87-71-33-13-3-23-61(71)85(62-24-4-14-34-72(62)87)65-27-7-17-37-77(65)91-78-38-18-8-28-66(78)85)49-51-75-83(81)89(69)76-52-50-58(82-60-22-2-12-32-70(60)90(75)84(76)82)54-43-47-56(48-44-54)88-73-35-15-5-25-63(73)86(64-26-6-16-36-74(64)88)67-29-9-19-39-79(67)92-80-40-20-10-30-68(80)86/h1-52,81,83H. The van der Waals surface area contributed by atoms with Gasteiger partial charge in [-0.05, 0) is 147 Å². The number of benzene rings is 13. The van der Waals surface area contributed by atoms with Crippen LogP contribution in [0.4, 0.5) is 45.5 Å². The van der Waals surface area contributed by atoms with Crippen LogP contribution >= 0.6 is 0 Å². The van der Waals surface area contributed by atoms with Crippen molar-refractivity contribution in [3.05, 3.63) is 371 Å². The average molecular weight is 1180 g/mol. The predicted octanol–water partition coefficient (Wildman–Crippen LogP) is 21.6. The van der Waals surface area contributed by atoms with Crippen molar-refractivity contribution in [3.8, 4) is 34.1 Å². The van der Waals surface area contributed by atoms with Gasteiger partial charge in [-0.25, -0.2) is 0 Å². The molecule has 6 nitrogen and oxygen atoms in total. The number of anilines is 8. The topological polar surface area (TPSA) is 33.1 Å². The maximum atomic E-state index is 6.69. The third-order valence-electron chi connectivity index (χ3n) is 21.2. The summed E-state index contributed by atoms with van der Waals surface area (Å²) in [6.07, 6.45) is 4.85. The maximum absolute atomic E-state index is 6.69. The van der Waals surface area contributed by atoms with Crippen LogP contribution in [0.2, 0.25) is 0 Å². The van der Waals surface area contributed by atoms with Gasteiger partial charge in [-0.1, -0.05) is 218 Å². The van der Waals surface area contributed by atoms with Crippen LogP contribution in [0.15, 0.2) is 315 Å². The first-order chi connectivity index (χ1) is 45.7. The van der Waals surface area contributed by atoms with E-state index in [2.05, 4.69) is 335 Å². The van der Waals surface area contributed by atoms with E-state index in [1.165, 1.54) is 89.0 Å². The summed E-state index contributed by atoms with van der Waals surface area (Å²) >= 11 is 0. The first-order valence-corrected chi connectivity index (χ1v) is 32.0. The number of hydrogen-bond acceptors (Lipinski definition) is 5. The van der Waals surface area contributed by atoms with Crippen molar-refractivity contribution in [1.82, 2.24) is 4.57 Å². The summed E-state index contributed by atoms with van der Waals surface area (Å²) in [5.74, 6) is 3.62. The molecule has 1 aliphatic carbocycles. The SMILES string of the molecule is C1=C(c2ccc(N3c4ccccc4C4(c5ccccc5Oc5ccccc54)c4ccccc43)cc2)C2c3ccccc3N3c4ccc(-c5ccc(N6c7ccccc7C7(c8ccccc8Oc8ccccc87)c7ccccc76)cc5)c5c6ccccc6n(c45)C(=C1)C23. The van der Waals surface area contributed by atoms with Gasteiger partial charge in [0, 0.05) is 61.7 Å². The minimum absolute atomic E-state index is 0.0310. The van der Waals surface area contributed by atoms with Crippen LogP contribution in [0, 0.1) is 0 Å². The molecule has 92 heavy (non-hydrogen) atoms. The van der Waals surface area contributed by atoms with E-state index in [4.69, 9.17) is 9.47 Å². The fourth-order valence-corrected chi connectivity index (χ4v) is 17.8. The second kappa shape index (κ2) is 18.4. The molecular weight excluding hydrogens is 1120 g/mol. The van der Waals surface area contributed by atoms with Crippen molar-refractivity contribution in [3.63, 3.8) is 0 Å². The van der Waals surface area contributed by atoms with Crippen molar-refractivity contribution in [2.24, 2.45) is 0 Å². The summed E-state index contributed by atoms with van der Waals surface area (Å²) in [5, 5.41) is 2.51. The van der Waals surface area contributed by atoms with Crippen LogP contribution in [-0.2, 0) is 10.8 Å². The van der Waals surface area contributed by atoms with Crippen LogP contribution in [0.5, 0.6) is 23.0 Å². The molecule has 0 amide bonds. The Morgan fingerprint density at radius 3 is 1.21 bits per heavy atom. The van der Waals surface area contributed by atoms with Gasteiger partial charge in [-0.15, -0.1) is 0 Å². The van der Waals surface area contributed by atoms with Crippen molar-refractivity contribution in [2.75, 3.05) is 14.7 Å². The fraction of sp³-hybridized carbons (Fsp3) is 0.0465. The van der Waals surface area contributed by atoms with Gasteiger partial charge in [0.25, 0.3) is 0 Å². The van der Waals surface area contributed by atoms with E-state index in [1.54, 1.807) is 0 Å². The Bertz CT molecular complexity index is 5410. The third kappa shape index (κ3) is 6.28. The fourth-order valence-electron chi connectivity index (χ4n) is 17.8.